The van der Waals surface area contributed by atoms with E-state index >= 15 is 0 Å². The molecule has 1 aromatic rings. The first-order valence-corrected chi connectivity index (χ1v) is 6.13. The number of anilines is 1. The van der Waals surface area contributed by atoms with Gasteiger partial charge in [-0.3, -0.25) is 0 Å². The lowest BCUT2D eigenvalue weighted by molar-refractivity contribution is 0.218. The van der Waals surface area contributed by atoms with Gasteiger partial charge >= 0.3 is 0 Å². The summed E-state index contributed by atoms with van der Waals surface area (Å²) < 4.78 is 10.4. The highest BCUT2D eigenvalue weighted by Crippen LogP contribution is 2.28. The molecule has 0 aliphatic rings. The number of ether oxygens (including phenoxy) is 2. The van der Waals surface area contributed by atoms with Crippen molar-refractivity contribution in [1.29, 1.82) is 0 Å². The van der Waals surface area contributed by atoms with Crippen molar-refractivity contribution in [2.45, 2.75) is 18.4 Å². The second-order valence-electron chi connectivity index (χ2n) is 3.09. The predicted molar refractivity (Wildman–Crippen MR) is 64.8 cm³/mol. The number of aromatic nitrogens is 2. The molecular formula is C10H17N3O2S. The van der Waals surface area contributed by atoms with Crippen LogP contribution in [-0.4, -0.2) is 36.0 Å². The second kappa shape index (κ2) is 7.29. The van der Waals surface area contributed by atoms with Crippen LogP contribution in [0.1, 0.15) is 13.3 Å². The van der Waals surface area contributed by atoms with Crippen molar-refractivity contribution in [2.24, 2.45) is 0 Å². The van der Waals surface area contributed by atoms with E-state index in [0.717, 1.165) is 17.2 Å². The van der Waals surface area contributed by atoms with E-state index in [9.17, 15) is 0 Å². The van der Waals surface area contributed by atoms with Gasteiger partial charge in [0.2, 0.25) is 5.88 Å². The molecule has 0 saturated heterocycles. The van der Waals surface area contributed by atoms with Crippen LogP contribution in [0.25, 0.3) is 0 Å². The maximum atomic E-state index is 5.89. The molecule has 0 amide bonds. The fourth-order valence-corrected chi connectivity index (χ4v) is 1.82. The van der Waals surface area contributed by atoms with Gasteiger partial charge in [0.1, 0.15) is 17.0 Å². The molecule has 0 bridgehead atoms. The van der Waals surface area contributed by atoms with Crippen LogP contribution in [-0.2, 0) is 4.74 Å². The molecule has 0 atom stereocenters. The normalized spacial score (nSPS) is 10.4. The van der Waals surface area contributed by atoms with Gasteiger partial charge in [0.25, 0.3) is 0 Å². The molecule has 1 aromatic heterocycles. The van der Waals surface area contributed by atoms with E-state index in [2.05, 4.69) is 9.97 Å². The van der Waals surface area contributed by atoms with Crippen LogP contribution in [0.15, 0.2) is 11.4 Å². The van der Waals surface area contributed by atoms with Crippen LogP contribution in [0.2, 0.25) is 0 Å². The van der Waals surface area contributed by atoms with Crippen LogP contribution >= 0.6 is 11.8 Å². The topological polar surface area (TPSA) is 70.3 Å². The molecule has 90 valence electrons. The molecule has 5 nitrogen and oxygen atoms in total. The molecule has 0 aromatic carbocycles. The Morgan fingerprint density at radius 1 is 1.38 bits per heavy atom. The van der Waals surface area contributed by atoms with Crippen LogP contribution < -0.4 is 10.5 Å². The minimum absolute atomic E-state index is 0.469. The number of nitrogen functional groups attached to an aromatic ring is 1. The summed E-state index contributed by atoms with van der Waals surface area (Å²) in [5.41, 5.74) is 6.41. The first-order chi connectivity index (χ1) is 7.79. The Hall–Kier alpha value is -1.01. The summed E-state index contributed by atoms with van der Waals surface area (Å²) in [5.74, 6) is 1.28. The van der Waals surface area contributed by atoms with Crippen LogP contribution in [0.3, 0.4) is 0 Å². The zero-order valence-electron chi connectivity index (χ0n) is 9.60. The number of nitrogens with zero attached hydrogens (tertiary/aromatic N) is 2. The summed E-state index contributed by atoms with van der Waals surface area (Å²) >= 11 is 1.54. The molecule has 0 unspecified atom stereocenters. The van der Waals surface area contributed by atoms with Gasteiger partial charge in [0.15, 0.2) is 0 Å². The summed E-state index contributed by atoms with van der Waals surface area (Å²) in [6.45, 7) is 3.31. The van der Waals surface area contributed by atoms with Crippen molar-refractivity contribution < 1.29 is 9.47 Å². The molecule has 0 radical (unpaired) electrons. The van der Waals surface area contributed by atoms with Crippen molar-refractivity contribution in [3.63, 3.8) is 0 Å². The lowest BCUT2D eigenvalue weighted by atomic mass is 10.5. The van der Waals surface area contributed by atoms with Gasteiger partial charge in [-0.1, -0.05) is 6.92 Å². The lowest BCUT2D eigenvalue weighted by Crippen LogP contribution is -2.04. The Balaban J connectivity index is 2.62. The molecule has 0 aliphatic heterocycles. The van der Waals surface area contributed by atoms with Crippen LogP contribution in [0.4, 0.5) is 5.69 Å². The molecule has 0 spiro atoms. The summed E-state index contributed by atoms with van der Waals surface area (Å²) in [4.78, 5) is 8.11. The third kappa shape index (κ3) is 3.86. The average molecular weight is 243 g/mol. The van der Waals surface area contributed by atoms with E-state index in [1.54, 1.807) is 7.11 Å². The maximum absolute atomic E-state index is 5.89. The molecular weight excluding hydrogens is 226 g/mol. The van der Waals surface area contributed by atoms with Gasteiger partial charge in [-0.05, 0) is 6.42 Å². The number of rotatable bonds is 7. The number of methoxy groups -OCH3 is 1. The van der Waals surface area contributed by atoms with Gasteiger partial charge in [-0.2, -0.15) is 4.98 Å². The number of hydrogen-bond acceptors (Lipinski definition) is 6. The van der Waals surface area contributed by atoms with E-state index in [1.165, 1.54) is 18.1 Å². The molecule has 2 N–H and O–H groups in total. The molecule has 16 heavy (non-hydrogen) atoms. The standard InChI is InChI=1S/C10H17N3O2S/c1-3-4-15-9-8(11)10(13-7-12-9)16-6-5-14-2/h7H,3-6,11H2,1-2H3. The zero-order valence-corrected chi connectivity index (χ0v) is 10.4. The first-order valence-electron chi connectivity index (χ1n) is 5.14. The van der Waals surface area contributed by atoms with E-state index in [-0.39, 0.29) is 0 Å². The van der Waals surface area contributed by atoms with Crippen molar-refractivity contribution in [3.05, 3.63) is 6.33 Å². The Morgan fingerprint density at radius 2 is 2.19 bits per heavy atom. The highest BCUT2D eigenvalue weighted by molar-refractivity contribution is 7.99. The molecule has 0 saturated carbocycles. The Bertz CT molecular complexity index is 323. The predicted octanol–water partition coefficient (Wildman–Crippen LogP) is 1.59. The van der Waals surface area contributed by atoms with Crippen molar-refractivity contribution in [3.8, 4) is 5.88 Å². The fourth-order valence-electron chi connectivity index (χ4n) is 1.01. The van der Waals surface area contributed by atoms with Crippen molar-refractivity contribution >= 4 is 17.4 Å². The Labute approximate surface area is 99.8 Å². The minimum atomic E-state index is 0.469. The molecule has 0 aliphatic carbocycles. The SMILES string of the molecule is CCCOc1ncnc(SCCOC)c1N. The molecule has 1 rings (SSSR count). The van der Waals surface area contributed by atoms with Crippen LogP contribution in [0, 0.1) is 0 Å². The summed E-state index contributed by atoms with van der Waals surface area (Å²) in [7, 11) is 1.67. The van der Waals surface area contributed by atoms with Gasteiger partial charge in [0.05, 0.1) is 13.2 Å². The summed E-state index contributed by atoms with van der Waals surface area (Å²) in [6.07, 6.45) is 2.39. The van der Waals surface area contributed by atoms with Gasteiger partial charge < -0.3 is 15.2 Å². The van der Waals surface area contributed by atoms with Crippen LogP contribution in [0.5, 0.6) is 5.88 Å². The van der Waals surface area contributed by atoms with E-state index in [0.29, 0.717) is 24.8 Å². The molecule has 0 fully saturated rings. The first kappa shape index (κ1) is 13.1. The van der Waals surface area contributed by atoms with E-state index < -0.39 is 0 Å². The molecule has 6 heteroatoms. The Morgan fingerprint density at radius 3 is 2.88 bits per heavy atom. The monoisotopic (exact) mass is 243 g/mol. The van der Waals surface area contributed by atoms with Gasteiger partial charge in [-0.15, -0.1) is 11.8 Å². The highest BCUT2D eigenvalue weighted by Gasteiger charge is 2.09. The van der Waals surface area contributed by atoms with Gasteiger partial charge in [-0.25, -0.2) is 4.98 Å². The summed E-state index contributed by atoms with van der Waals surface area (Å²) in [6, 6.07) is 0. The number of thioether (sulfide) groups is 1. The highest BCUT2D eigenvalue weighted by atomic mass is 32.2. The second-order valence-corrected chi connectivity index (χ2v) is 4.17. The quantitative estimate of drug-likeness (QED) is 0.445. The third-order valence-electron chi connectivity index (χ3n) is 1.78. The number of hydrogen-bond donors (Lipinski definition) is 1. The van der Waals surface area contributed by atoms with Gasteiger partial charge in [0, 0.05) is 12.9 Å². The molecule has 1 heterocycles. The minimum Gasteiger partial charge on any atom is -0.476 e. The smallest absolute Gasteiger partial charge is 0.241 e. The average Bonchev–Trinajstić information content (AvgIpc) is 2.30. The number of nitrogens with two attached hydrogens (primary N) is 1. The lowest BCUT2D eigenvalue weighted by Gasteiger charge is -2.09. The van der Waals surface area contributed by atoms with E-state index in [1.807, 2.05) is 6.92 Å². The third-order valence-corrected chi connectivity index (χ3v) is 2.75. The largest absolute Gasteiger partial charge is 0.476 e. The van der Waals surface area contributed by atoms with E-state index in [4.69, 9.17) is 15.2 Å². The zero-order chi connectivity index (χ0) is 11.8. The summed E-state index contributed by atoms with van der Waals surface area (Å²) in [5, 5.41) is 0.748. The Kier molecular flexibility index (Phi) is 5.95. The fraction of sp³-hybridized carbons (Fsp3) is 0.600. The van der Waals surface area contributed by atoms with Crippen molar-refractivity contribution in [2.75, 3.05) is 31.8 Å². The van der Waals surface area contributed by atoms with Crippen molar-refractivity contribution in [1.82, 2.24) is 9.97 Å². The maximum Gasteiger partial charge on any atom is 0.241 e.